The highest BCUT2D eigenvalue weighted by atomic mass is 16.5. The highest BCUT2D eigenvalue weighted by Crippen LogP contribution is 2.57. The Morgan fingerprint density at radius 1 is 0.800 bits per heavy atom. The number of hydrogen-bond acceptors (Lipinski definition) is 6. The molecular weight excluding hydrogens is 568 g/mol. The Labute approximate surface area is 265 Å². The minimum atomic E-state index is -1.31. The zero-order valence-corrected chi connectivity index (χ0v) is 26.5. The van der Waals surface area contributed by atoms with Gasteiger partial charge in [-0.05, 0) is 76.4 Å². The van der Waals surface area contributed by atoms with E-state index in [1.807, 2.05) is 85.8 Å². The van der Waals surface area contributed by atoms with Gasteiger partial charge in [-0.25, -0.2) is 0 Å². The number of para-hydroxylation sites is 1. The van der Waals surface area contributed by atoms with Crippen LogP contribution in [0.4, 0.5) is 17.1 Å². The van der Waals surface area contributed by atoms with Gasteiger partial charge in [-0.15, -0.1) is 0 Å². The Morgan fingerprint density at radius 2 is 1.44 bits per heavy atom. The maximum atomic E-state index is 14.7. The Bertz CT molecular complexity index is 1470. The predicted octanol–water partition coefficient (Wildman–Crippen LogP) is 4.17. The van der Waals surface area contributed by atoms with Gasteiger partial charge in [0.05, 0.1) is 17.4 Å². The molecule has 1 unspecified atom stereocenters. The van der Waals surface area contributed by atoms with E-state index in [4.69, 9.17) is 4.74 Å². The van der Waals surface area contributed by atoms with Crippen molar-refractivity contribution in [3.05, 3.63) is 78.9 Å². The molecule has 2 fully saturated rings. The first-order valence-corrected chi connectivity index (χ1v) is 16.3. The second-order valence-corrected chi connectivity index (χ2v) is 12.5. The van der Waals surface area contributed by atoms with Gasteiger partial charge in [0.15, 0.2) is 0 Å². The van der Waals surface area contributed by atoms with Crippen LogP contribution in [0.25, 0.3) is 0 Å². The van der Waals surface area contributed by atoms with Crippen molar-refractivity contribution in [2.75, 3.05) is 54.0 Å². The summed E-state index contributed by atoms with van der Waals surface area (Å²) in [7, 11) is 0. The summed E-state index contributed by atoms with van der Waals surface area (Å²) in [4.78, 5) is 51.1. The maximum absolute atomic E-state index is 14.7. The normalized spacial score (nSPS) is 29.0. The van der Waals surface area contributed by atoms with Crippen LogP contribution in [-0.4, -0.2) is 84.3 Å². The maximum Gasteiger partial charge on any atom is 0.253 e. The van der Waals surface area contributed by atoms with Crippen LogP contribution in [0.2, 0.25) is 0 Å². The molecule has 2 aromatic rings. The largest absolute Gasteiger partial charge is 0.396 e. The monoisotopic (exact) mass is 612 g/mol. The second-order valence-electron chi connectivity index (χ2n) is 12.5. The van der Waals surface area contributed by atoms with Crippen molar-refractivity contribution in [1.82, 2.24) is 4.90 Å². The third-order valence-electron chi connectivity index (χ3n) is 9.97. The number of unbranched alkanes of at least 4 members (excludes halogenated alkanes) is 2. The van der Waals surface area contributed by atoms with Crippen molar-refractivity contribution in [3.63, 3.8) is 0 Å². The molecule has 2 aromatic carbocycles. The third-order valence-corrected chi connectivity index (χ3v) is 9.97. The summed E-state index contributed by atoms with van der Waals surface area (Å²) in [5.74, 6) is -2.31. The van der Waals surface area contributed by atoms with Crippen LogP contribution in [0, 0.1) is 11.8 Å². The van der Waals surface area contributed by atoms with Gasteiger partial charge in [0.1, 0.15) is 11.6 Å². The zero-order valence-electron chi connectivity index (χ0n) is 26.5. The number of benzene rings is 2. The Morgan fingerprint density at radius 3 is 2.11 bits per heavy atom. The number of rotatable bonds is 10. The van der Waals surface area contributed by atoms with Crippen molar-refractivity contribution in [2.24, 2.45) is 11.8 Å². The molecule has 0 bridgehead atoms. The van der Waals surface area contributed by atoms with E-state index in [0.29, 0.717) is 32.5 Å². The number of nitrogens with zero attached hydrogens (tertiary/aromatic N) is 4. The number of likely N-dealkylation sites (tertiary alicyclic amines) is 1. The van der Waals surface area contributed by atoms with E-state index in [-0.39, 0.29) is 24.3 Å². The molecule has 5 atom stereocenters. The number of aliphatic hydroxyl groups is 1. The molecule has 1 N–H and O–H groups in total. The molecule has 1 spiro atoms. The number of amides is 3. The number of hydrogen-bond donors (Lipinski definition) is 1. The smallest absolute Gasteiger partial charge is 0.253 e. The van der Waals surface area contributed by atoms with Crippen molar-refractivity contribution < 1.29 is 24.2 Å². The van der Waals surface area contributed by atoms with Gasteiger partial charge in [0, 0.05) is 56.4 Å². The number of anilines is 3. The van der Waals surface area contributed by atoms with Crippen molar-refractivity contribution >= 4 is 34.8 Å². The van der Waals surface area contributed by atoms with Gasteiger partial charge >= 0.3 is 0 Å². The summed E-state index contributed by atoms with van der Waals surface area (Å²) in [5.41, 5.74) is 0.207. The lowest BCUT2D eigenvalue weighted by Gasteiger charge is -2.37. The fourth-order valence-electron chi connectivity index (χ4n) is 7.84. The minimum Gasteiger partial charge on any atom is -0.396 e. The first-order chi connectivity index (χ1) is 21.8. The number of fused-ring (bicyclic) bond motifs is 2. The van der Waals surface area contributed by atoms with E-state index < -0.39 is 29.1 Å². The van der Waals surface area contributed by atoms with Crippen LogP contribution in [0.5, 0.6) is 0 Å². The van der Waals surface area contributed by atoms with Gasteiger partial charge < -0.3 is 29.4 Å². The number of carbonyl (C=O) groups is 3. The Kier molecular flexibility index (Phi) is 8.59. The molecule has 0 aromatic heterocycles. The summed E-state index contributed by atoms with van der Waals surface area (Å²) in [5, 5.41) is 9.36. The highest BCUT2D eigenvalue weighted by Gasteiger charge is 2.74. The van der Waals surface area contributed by atoms with E-state index >= 15 is 0 Å². The first kappa shape index (κ1) is 31.0. The number of carbonyl (C=O) groups excluding carboxylic acids is 3. The first-order valence-electron chi connectivity index (χ1n) is 16.3. The summed E-state index contributed by atoms with van der Waals surface area (Å²) in [6, 6.07) is 16.5. The van der Waals surface area contributed by atoms with Crippen LogP contribution >= 0.6 is 0 Å². The average molecular weight is 613 g/mol. The lowest BCUT2D eigenvalue weighted by atomic mass is 9.74. The van der Waals surface area contributed by atoms with E-state index in [2.05, 4.69) is 18.7 Å². The van der Waals surface area contributed by atoms with Crippen molar-refractivity contribution in [1.29, 1.82) is 0 Å². The van der Waals surface area contributed by atoms with Gasteiger partial charge in [-0.3, -0.25) is 14.4 Å². The SMILES string of the molecule is CCN(CC)c1ccc(N2CC=C[C@]34O[C@@]5(C)C=CCN(c6ccccc6)C(=O)[C@H]5[C@H]3C(=O)N(CCCCCO)C4C2=O)cc1. The lowest BCUT2D eigenvalue weighted by Crippen LogP contribution is -2.56. The highest BCUT2D eigenvalue weighted by molar-refractivity contribution is 6.07. The summed E-state index contributed by atoms with van der Waals surface area (Å²) in [6.45, 7) is 8.97. The summed E-state index contributed by atoms with van der Waals surface area (Å²) >= 11 is 0. The fraction of sp³-hybridized carbons (Fsp3) is 0.472. The van der Waals surface area contributed by atoms with E-state index in [0.717, 1.165) is 36.6 Å². The molecule has 0 aliphatic carbocycles. The van der Waals surface area contributed by atoms with E-state index in [1.54, 1.807) is 14.7 Å². The van der Waals surface area contributed by atoms with E-state index in [1.165, 1.54) is 0 Å². The fourth-order valence-corrected chi connectivity index (χ4v) is 7.84. The topological polar surface area (TPSA) is 93.6 Å². The van der Waals surface area contributed by atoms with Crippen molar-refractivity contribution in [2.45, 2.75) is 57.3 Å². The quantitative estimate of drug-likeness (QED) is 0.320. The average Bonchev–Trinajstić information content (AvgIpc) is 3.31. The molecule has 0 saturated carbocycles. The molecule has 9 heteroatoms. The predicted molar refractivity (Wildman–Crippen MR) is 175 cm³/mol. The van der Waals surface area contributed by atoms with Crippen molar-refractivity contribution in [3.8, 4) is 0 Å². The molecule has 4 aliphatic heterocycles. The molecule has 45 heavy (non-hydrogen) atoms. The minimum absolute atomic E-state index is 0.0720. The van der Waals surface area contributed by atoms with Gasteiger partial charge in [0.25, 0.3) is 5.91 Å². The van der Waals surface area contributed by atoms with Crippen LogP contribution in [0.3, 0.4) is 0 Å². The molecular formula is C36H44N4O5. The summed E-state index contributed by atoms with van der Waals surface area (Å²) in [6.07, 6.45) is 9.62. The summed E-state index contributed by atoms with van der Waals surface area (Å²) < 4.78 is 6.97. The van der Waals surface area contributed by atoms with Gasteiger partial charge in [0.2, 0.25) is 11.8 Å². The third kappa shape index (κ3) is 5.16. The van der Waals surface area contributed by atoms with Crippen LogP contribution < -0.4 is 14.7 Å². The van der Waals surface area contributed by atoms with Gasteiger partial charge in [-0.2, -0.15) is 0 Å². The van der Waals surface area contributed by atoms with E-state index in [9.17, 15) is 19.5 Å². The molecule has 2 saturated heterocycles. The number of aliphatic hydroxyl groups excluding tert-OH is 1. The standard InChI is InChI=1S/C36H44N4O5/c1-4-37(5-2)26-16-18-28(19-17-26)39-24-13-21-36-30(33(43)40(31(36)34(39)44)22-10-7-11-25-41)29-32(42)38(27-14-8-6-9-15-27)23-12-20-35(29,3)45-36/h6,8-9,12-21,29-31,41H,4-5,7,10-11,22-25H2,1-3H3/t29-,30+,31?,35+,36+/m1/s1. The van der Waals surface area contributed by atoms with Crippen LogP contribution in [0.1, 0.15) is 40.0 Å². The lowest BCUT2D eigenvalue weighted by molar-refractivity contribution is -0.144. The van der Waals surface area contributed by atoms with Gasteiger partial charge in [-0.1, -0.05) is 42.5 Å². The molecule has 4 heterocycles. The van der Waals surface area contributed by atoms with Crippen LogP contribution in [-0.2, 0) is 19.1 Å². The zero-order chi connectivity index (χ0) is 31.8. The number of ether oxygens (including phenoxy) is 1. The Hall–Kier alpha value is -3.95. The molecule has 4 aliphatic rings. The molecule has 3 amide bonds. The molecule has 238 valence electrons. The molecule has 0 radical (unpaired) electrons. The second kappa shape index (κ2) is 12.4. The molecule has 6 rings (SSSR count). The Balaban J connectivity index is 1.40. The van der Waals surface area contributed by atoms with Crippen LogP contribution in [0.15, 0.2) is 78.9 Å². The molecule has 9 nitrogen and oxygen atoms in total.